The number of fused-ring (bicyclic) bond motifs is 1. The molecule has 29 heavy (non-hydrogen) atoms. The molecule has 0 saturated carbocycles. The molecular formula is C18H17F3N2O5S. The summed E-state index contributed by atoms with van der Waals surface area (Å²) >= 11 is 0. The van der Waals surface area contributed by atoms with E-state index in [1.807, 2.05) is 0 Å². The molecule has 1 aliphatic rings. The van der Waals surface area contributed by atoms with E-state index in [4.69, 9.17) is 9.47 Å². The normalized spacial score (nSPS) is 13.2. The van der Waals surface area contributed by atoms with Crippen molar-refractivity contribution in [1.29, 1.82) is 0 Å². The fraction of sp³-hybridized carbons (Fsp3) is 0.278. The highest BCUT2D eigenvalue weighted by atomic mass is 32.2. The Bertz CT molecular complexity index is 1020. The van der Waals surface area contributed by atoms with E-state index in [1.54, 1.807) is 0 Å². The van der Waals surface area contributed by atoms with Crippen LogP contribution in [-0.4, -0.2) is 33.4 Å². The molecule has 0 saturated heterocycles. The summed E-state index contributed by atoms with van der Waals surface area (Å²) in [5.74, 6) is -0.301. The van der Waals surface area contributed by atoms with Gasteiger partial charge in [-0.05, 0) is 37.3 Å². The van der Waals surface area contributed by atoms with Crippen LogP contribution < -0.4 is 19.1 Å². The largest absolute Gasteiger partial charge is 0.454 e. The Morgan fingerprint density at radius 2 is 1.86 bits per heavy atom. The van der Waals surface area contributed by atoms with E-state index in [9.17, 15) is 26.4 Å². The van der Waals surface area contributed by atoms with Gasteiger partial charge >= 0.3 is 6.18 Å². The Balaban J connectivity index is 1.83. The number of anilines is 2. The van der Waals surface area contributed by atoms with Crippen LogP contribution in [0, 0.1) is 0 Å². The Morgan fingerprint density at radius 3 is 2.55 bits per heavy atom. The second kappa shape index (κ2) is 7.82. The third kappa shape index (κ3) is 4.73. The lowest BCUT2D eigenvalue weighted by atomic mass is 10.2. The predicted molar refractivity (Wildman–Crippen MR) is 99.4 cm³/mol. The number of benzene rings is 2. The molecule has 0 fully saturated rings. The third-order valence-electron chi connectivity index (χ3n) is 4.11. The van der Waals surface area contributed by atoms with Crippen LogP contribution in [0.15, 0.2) is 42.5 Å². The van der Waals surface area contributed by atoms with E-state index in [-0.39, 0.29) is 23.9 Å². The summed E-state index contributed by atoms with van der Waals surface area (Å²) in [7, 11) is -3.85. The highest BCUT2D eigenvalue weighted by molar-refractivity contribution is 7.92. The predicted octanol–water partition coefficient (Wildman–Crippen LogP) is 3.23. The van der Waals surface area contributed by atoms with Crippen molar-refractivity contribution >= 4 is 27.3 Å². The third-order valence-corrected chi connectivity index (χ3v) is 5.85. The number of amides is 1. The summed E-state index contributed by atoms with van der Waals surface area (Å²) in [6, 6.07) is 8.47. The topological polar surface area (TPSA) is 84.9 Å². The van der Waals surface area contributed by atoms with E-state index in [0.717, 1.165) is 22.5 Å². The number of halogens is 3. The fourth-order valence-corrected chi connectivity index (χ4v) is 3.71. The molecule has 7 nitrogen and oxygen atoms in total. The summed E-state index contributed by atoms with van der Waals surface area (Å²) in [6.07, 6.45) is -4.56. The standard InChI is InChI=1S/C18H17F3N2O5S/c1-2-29(25,26)23(14-6-7-15-16(9-14)28-11-27-15)10-17(24)22-13-5-3-4-12(8-13)18(19,20)21/h3-9H,2,10-11H2,1H3,(H,22,24). The molecule has 3 rings (SSSR count). The van der Waals surface area contributed by atoms with Crippen molar-refractivity contribution in [1.82, 2.24) is 0 Å². The Hall–Kier alpha value is -2.95. The van der Waals surface area contributed by atoms with Gasteiger partial charge in [-0.15, -0.1) is 0 Å². The number of nitrogens with one attached hydrogen (secondary N) is 1. The van der Waals surface area contributed by atoms with Gasteiger partial charge in [-0.25, -0.2) is 8.42 Å². The highest BCUT2D eigenvalue weighted by Gasteiger charge is 2.31. The zero-order valence-electron chi connectivity index (χ0n) is 15.2. The molecule has 0 unspecified atom stereocenters. The summed E-state index contributed by atoms with van der Waals surface area (Å²) in [5, 5.41) is 2.30. The minimum Gasteiger partial charge on any atom is -0.454 e. The molecule has 0 aromatic heterocycles. The molecule has 1 heterocycles. The van der Waals surface area contributed by atoms with E-state index < -0.39 is 34.2 Å². The van der Waals surface area contributed by atoms with E-state index in [0.29, 0.717) is 11.5 Å². The van der Waals surface area contributed by atoms with Crippen molar-refractivity contribution in [3.63, 3.8) is 0 Å². The minimum atomic E-state index is -4.56. The van der Waals surface area contributed by atoms with Gasteiger partial charge in [0.05, 0.1) is 17.0 Å². The first-order valence-electron chi connectivity index (χ1n) is 8.47. The molecule has 2 aromatic carbocycles. The van der Waals surface area contributed by atoms with Crippen molar-refractivity contribution in [2.45, 2.75) is 13.1 Å². The van der Waals surface area contributed by atoms with Gasteiger partial charge in [0.1, 0.15) is 6.54 Å². The maximum absolute atomic E-state index is 12.8. The van der Waals surface area contributed by atoms with Gasteiger partial charge in [0.25, 0.3) is 0 Å². The first kappa shape index (κ1) is 20.8. The lowest BCUT2D eigenvalue weighted by Gasteiger charge is -2.23. The Kier molecular flexibility index (Phi) is 5.60. The van der Waals surface area contributed by atoms with Crippen LogP contribution in [0.5, 0.6) is 11.5 Å². The van der Waals surface area contributed by atoms with Gasteiger partial charge in [0.15, 0.2) is 11.5 Å². The molecule has 1 amide bonds. The van der Waals surface area contributed by atoms with Crippen molar-refractivity contribution in [2.75, 3.05) is 28.7 Å². The van der Waals surface area contributed by atoms with Crippen molar-refractivity contribution in [3.8, 4) is 11.5 Å². The molecule has 0 radical (unpaired) electrons. The zero-order valence-corrected chi connectivity index (χ0v) is 16.0. The maximum Gasteiger partial charge on any atom is 0.416 e. The average molecular weight is 430 g/mol. The molecular weight excluding hydrogens is 413 g/mol. The number of hydrogen-bond acceptors (Lipinski definition) is 5. The molecule has 0 bridgehead atoms. The van der Waals surface area contributed by atoms with Gasteiger partial charge in [0.2, 0.25) is 22.7 Å². The van der Waals surface area contributed by atoms with Crippen LogP contribution in [0.3, 0.4) is 0 Å². The number of ether oxygens (including phenoxy) is 2. The van der Waals surface area contributed by atoms with E-state index >= 15 is 0 Å². The molecule has 0 atom stereocenters. The minimum absolute atomic E-state index is 0.00462. The van der Waals surface area contributed by atoms with Gasteiger partial charge < -0.3 is 14.8 Å². The van der Waals surface area contributed by atoms with Crippen LogP contribution in [0.2, 0.25) is 0 Å². The van der Waals surface area contributed by atoms with Crippen LogP contribution in [0.25, 0.3) is 0 Å². The van der Waals surface area contributed by atoms with Crippen LogP contribution >= 0.6 is 0 Å². The molecule has 0 aliphatic carbocycles. The Labute approximate surface area is 165 Å². The maximum atomic E-state index is 12.8. The summed E-state index contributed by atoms with van der Waals surface area (Å²) in [6.45, 7) is 0.793. The first-order chi connectivity index (χ1) is 13.6. The smallest absolute Gasteiger partial charge is 0.416 e. The van der Waals surface area contributed by atoms with Crippen molar-refractivity contribution in [3.05, 3.63) is 48.0 Å². The number of rotatable bonds is 6. The second-order valence-corrected chi connectivity index (χ2v) is 8.25. The lowest BCUT2D eigenvalue weighted by Crippen LogP contribution is -2.39. The van der Waals surface area contributed by atoms with Crippen molar-refractivity contribution < 1.29 is 35.9 Å². The summed E-state index contributed by atoms with van der Waals surface area (Å²) in [5.41, 5.74) is -0.844. The molecule has 1 N–H and O–H groups in total. The lowest BCUT2D eigenvalue weighted by molar-refractivity contribution is -0.137. The zero-order chi connectivity index (χ0) is 21.2. The van der Waals surface area contributed by atoms with E-state index in [2.05, 4.69) is 5.32 Å². The van der Waals surface area contributed by atoms with Gasteiger partial charge in [-0.1, -0.05) is 6.07 Å². The van der Waals surface area contributed by atoms with Gasteiger partial charge in [-0.3, -0.25) is 9.10 Å². The van der Waals surface area contributed by atoms with Gasteiger partial charge in [-0.2, -0.15) is 13.2 Å². The fourth-order valence-electron chi connectivity index (χ4n) is 2.65. The quantitative estimate of drug-likeness (QED) is 0.761. The number of alkyl halides is 3. The van der Waals surface area contributed by atoms with Crippen LogP contribution in [0.4, 0.5) is 24.5 Å². The van der Waals surface area contributed by atoms with Crippen LogP contribution in [0.1, 0.15) is 12.5 Å². The van der Waals surface area contributed by atoms with Crippen molar-refractivity contribution in [2.24, 2.45) is 0 Å². The number of carbonyl (C=O) groups is 1. The SMILES string of the molecule is CCS(=O)(=O)N(CC(=O)Nc1cccc(C(F)(F)F)c1)c1ccc2c(c1)OCO2. The molecule has 156 valence electrons. The number of sulfonamides is 1. The molecule has 1 aliphatic heterocycles. The first-order valence-corrected chi connectivity index (χ1v) is 10.1. The summed E-state index contributed by atoms with van der Waals surface area (Å²) in [4.78, 5) is 12.4. The van der Waals surface area contributed by atoms with Crippen LogP contribution in [-0.2, 0) is 21.0 Å². The molecule has 0 spiro atoms. The number of hydrogen-bond donors (Lipinski definition) is 1. The average Bonchev–Trinajstić information content (AvgIpc) is 3.13. The van der Waals surface area contributed by atoms with E-state index in [1.165, 1.54) is 31.2 Å². The Morgan fingerprint density at radius 1 is 1.14 bits per heavy atom. The molecule has 11 heteroatoms. The number of nitrogens with zero attached hydrogens (tertiary/aromatic N) is 1. The van der Waals surface area contributed by atoms with Gasteiger partial charge in [0, 0.05) is 11.8 Å². The second-order valence-electron chi connectivity index (χ2n) is 6.07. The number of carbonyl (C=O) groups excluding carboxylic acids is 1. The highest BCUT2D eigenvalue weighted by Crippen LogP contribution is 2.36. The summed E-state index contributed by atoms with van der Waals surface area (Å²) < 4.78 is 74.8. The monoisotopic (exact) mass is 430 g/mol. The molecule has 2 aromatic rings.